The van der Waals surface area contributed by atoms with Gasteiger partial charge in [0.25, 0.3) is 5.56 Å². The Morgan fingerprint density at radius 1 is 1.03 bits per heavy atom. The molecule has 0 saturated heterocycles. The number of benzene rings is 2. The summed E-state index contributed by atoms with van der Waals surface area (Å²) in [7, 11) is 1.44. The molecule has 30 heavy (non-hydrogen) atoms. The molecule has 7 nitrogen and oxygen atoms in total. The smallest absolute Gasteiger partial charge is 0.304 e. The molecule has 0 radical (unpaired) electrons. The topological polar surface area (TPSA) is 85.6 Å². The van der Waals surface area contributed by atoms with Gasteiger partial charge in [-0.25, -0.2) is 4.79 Å². The standard InChI is InChI=1S/C22H18ClN5O2/c1-26-20(29)18-19(27(22(26)30)12-11-15-7-3-2-4-8-15)25-21(23)28(18)14-17-10-6-5-9-16(17)13-24/h2-10H,11-12,14H2,1H3. The molecule has 0 atom stereocenters. The first-order valence-electron chi connectivity index (χ1n) is 9.38. The van der Waals surface area contributed by atoms with Crippen molar-refractivity contribution in [3.8, 4) is 6.07 Å². The van der Waals surface area contributed by atoms with Crippen LogP contribution in [0.2, 0.25) is 5.28 Å². The molecule has 0 aliphatic carbocycles. The lowest BCUT2D eigenvalue weighted by Gasteiger charge is -2.11. The first-order valence-corrected chi connectivity index (χ1v) is 9.76. The molecule has 0 saturated carbocycles. The van der Waals surface area contributed by atoms with E-state index in [-0.39, 0.29) is 23.0 Å². The third-order valence-electron chi connectivity index (χ3n) is 5.12. The maximum atomic E-state index is 12.9. The van der Waals surface area contributed by atoms with E-state index in [1.807, 2.05) is 36.4 Å². The van der Waals surface area contributed by atoms with Gasteiger partial charge >= 0.3 is 5.69 Å². The molecule has 4 rings (SSSR count). The van der Waals surface area contributed by atoms with Gasteiger partial charge in [-0.2, -0.15) is 10.2 Å². The molecule has 0 unspecified atom stereocenters. The first kappa shape index (κ1) is 19.7. The van der Waals surface area contributed by atoms with Crippen LogP contribution in [0.25, 0.3) is 11.2 Å². The molecule has 4 aromatic rings. The van der Waals surface area contributed by atoms with E-state index < -0.39 is 11.2 Å². The maximum Gasteiger partial charge on any atom is 0.332 e. The maximum absolute atomic E-state index is 12.9. The lowest BCUT2D eigenvalue weighted by molar-refractivity contribution is 0.619. The van der Waals surface area contributed by atoms with Crippen LogP contribution in [0.4, 0.5) is 0 Å². The number of nitrogens with zero attached hydrogens (tertiary/aromatic N) is 5. The fourth-order valence-corrected chi connectivity index (χ4v) is 3.72. The average molecular weight is 420 g/mol. The molecule has 2 heterocycles. The minimum absolute atomic E-state index is 0.0916. The number of aryl methyl sites for hydroxylation is 2. The van der Waals surface area contributed by atoms with Crippen LogP contribution < -0.4 is 11.2 Å². The summed E-state index contributed by atoms with van der Waals surface area (Å²) in [4.78, 5) is 30.0. The summed E-state index contributed by atoms with van der Waals surface area (Å²) in [5.41, 5.74) is 1.85. The van der Waals surface area contributed by atoms with Crippen LogP contribution in [0.15, 0.2) is 64.2 Å². The molecular formula is C22H18ClN5O2. The fraction of sp³-hybridized carbons (Fsp3) is 0.182. The minimum Gasteiger partial charge on any atom is -0.304 e. The number of nitriles is 1. The van der Waals surface area contributed by atoms with E-state index in [1.165, 1.54) is 11.6 Å². The van der Waals surface area contributed by atoms with Crippen molar-refractivity contribution in [2.75, 3.05) is 0 Å². The van der Waals surface area contributed by atoms with Crippen LogP contribution >= 0.6 is 11.6 Å². The van der Waals surface area contributed by atoms with Gasteiger partial charge in [0, 0.05) is 13.6 Å². The van der Waals surface area contributed by atoms with E-state index in [2.05, 4.69) is 11.1 Å². The summed E-state index contributed by atoms with van der Waals surface area (Å²) >= 11 is 6.38. The van der Waals surface area contributed by atoms with Crippen LogP contribution in [0.1, 0.15) is 16.7 Å². The number of hydrogen-bond acceptors (Lipinski definition) is 4. The molecule has 0 N–H and O–H groups in total. The monoisotopic (exact) mass is 419 g/mol. The zero-order valence-electron chi connectivity index (χ0n) is 16.2. The third kappa shape index (κ3) is 3.42. The van der Waals surface area contributed by atoms with Crippen LogP contribution in [0.5, 0.6) is 0 Å². The highest BCUT2D eigenvalue weighted by atomic mass is 35.5. The summed E-state index contributed by atoms with van der Waals surface area (Å²) in [5.74, 6) is 0. The Bertz CT molecular complexity index is 1390. The number of imidazole rings is 1. The van der Waals surface area contributed by atoms with Gasteiger partial charge in [-0.3, -0.25) is 13.9 Å². The lowest BCUT2D eigenvalue weighted by Crippen LogP contribution is -2.39. The van der Waals surface area contributed by atoms with Gasteiger partial charge < -0.3 is 4.57 Å². The number of halogens is 1. The van der Waals surface area contributed by atoms with Crippen molar-refractivity contribution in [2.45, 2.75) is 19.5 Å². The van der Waals surface area contributed by atoms with Crippen molar-refractivity contribution in [2.24, 2.45) is 7.05 Å². The van der Waals surface area contributed by atoms with Crippen LogP contribution in [0.3, 0.4) is 0 Å². The zero-order valence-corrected chi connectivity index (χ0v) is 17.0. The molecular weight excluding hydrogens is 402 g/mol. The van der Waals surface area contributed by atoms with E-state index >= 15 is 0 Å². The Morgan fingerprint density at radius 3 is 2.47 bits per heavy atom. The van der Waals surface area contributed by atoms with Crippen molar-refractivity contribution < 1.29 is 0 Å². The van der Waals surface area contributed by atoms with Gasteiger partial charge in [0.2, 0.25) is 5.28 Å². The Balaban J connectivity index is 1.85. The van der Waals surface area contributed by atoms with Gasteiger partial charge in [-0.1, -0.05) is 48.5 Å². The van der Waals surface area contributed by atoms with E-state index in [9.17, 15) is 14.9 Å². The summed E-state index contributed by atoms with van der Waals surface area (Å²) in [5, 5.41) is 9.46. The highest BCUT2D eigenvalue weighted by molar-refractivity contribution is 6.29. The molecule has 0 amide bonds. The second-order valence-electron chi connectivity index (χ2n) is 6.94. The molecule has 0 fully saturated rings. The Kier molecular flexibility index (Phi) is 5.25. The van der Waals surface area contributed by atoms with Crippen LogP contribution in [0, 0.1) is 11.3 Å². The van der Waals surface area contributed by atoms with Gasteiger partial charge in [0.1, 0.15) is 0 Å². The van der Waals surface area contributed by atoms with E-state index in [4.69, 9.17) is 11.6 Å². The van der Waals surface area contributed by atoms with Crippen LogP contribution in [-0.4, -0.2) is 18.7 Å². The van der Waals surface area contributed by atoms with E-state index in [0.717, 1.165) is 10.1 Å². The summed E-state index contributed by atoms with van der Waals surface area (Å²) < 4.78 is 4.09. The van der Waals surface area contributed by atoms with Gasteiger partial charge in [0.05, 0.1) is 18.2 Å². The van der Waals surface area contributed by atoms with Crippen LogP contribution in [-0.2, 0) is 26.6 Å². The largest absolute Gasteiger partial charge is 0.332 e. The highest BCUT2D eigenvalue weighted by Crippen LogP contribution is 2.20. The third-order valence-corrected chi connectivity index (χ3v) is 5.41. The number of hydrogen-bond donors (Lipinski definition) is 0. The SMILES string of the molecule is Cn1c(=O)c2c(nc(Cl)n2Cc2ccccc2C#N)n(CCc2ccccc2)c1=O. The first-order chi connectivity index (χ1) is 14.5. The zero-order chi connectivity index (χ0) is 21.3. The summed E-state index contributed by atoms with van der Waals surface area (Å²) in [6, 6.07) is 19.0. The number of fused-ring (bicyclic) bond motifs is 1. The predicted octanol–water partition coefficient (Wildman–Crippen LogP) is 2.71. The number of rotatable bonds is 5. The molecule has 150 valence electrons. The van der Waals surface area contributed by atoms with Crippen molar-refractivity contribution in [3.63, 3.8) is 0 Å². The van der Waals surface area contributed by atoms with Crippen molar-refractivity contribution >= 4 is 22.8 Å². The quantitative estimate of drug-likeness (QED) is 0.465. The molecule has 0 aliphatic rings. The molecule has 0 spiro atoms. The second kappa shape index (κ2) is 8.01. The van der Waals surface area contributed by atoms with Gasteiger partial charge in [0.15, 0.2) is 11.2 Å². The van der Waals surface area contributed by atoms with Crippen molar-refractivity contribution in [1.29, 1.82) is 5.26 Å². The summed E-state index contributed by atoms with van der Waals surface area (Å²) in [6.45, 7) is 0.556. The minimum atomic E-state index is -0.472. The molecule has 2 aromatic heterocycles. The molecule has 8 heteroatoms. The van der Waals surface area contributed by atoms with Gasteiger partial charge in [-0.15, -0.1) is 0 Å². The summed E-state index contributed by atoms with van der Waals surface area (Å²) in [6.07, 6.45) is 0.607. The van der Waals surface area contributed by atoms with Crippen molar-refractivity contribution in [1.82, 2.24) is 18.7 Å². The molecule has 0 aliphatic heterocycles. The van der Waals surface area contributed by atoms with Crippen molar-refractivity contribution in [3.05, 3.63) is 97.4 Å². The fourth-order valence-electron chi connectivity index (χ4n) is 3.50. The van der Waals surface area contributed by atoms with E-state index in [1.54, 1.807) is 22.8 Å². The molecule has 2 aromatic carbocycles. The number of aromatic nitrogens is 4. The Morgan fingerprint density at radius 2 is 1.73 bits per heavy atom. The highest BCUT2D eigenvalue weighted by Gasteiger charge is 2.20. The normalized spacial score (nSPS) is 11.0. The van der Waals surface area contributed by atoms with E-state index in [0.29, 0.717) is 24.1 Å². The Labute approximate surface area is 177 Å². The average Bonchev–Trinajstić information content (AvgIpc) is 3.09. The second-order valence-corrected chi connectivity index (χ2v) is 7.28. The lowest BCUT2D eigenvalue weighted by atomic mass is 10.1. The Hall–Kier alpha value is -3.63. The predicted molar refractivity (Wildman–Crippen MR) is 115 cm³/mol. The van der Waals surface area contributed by atoms with Gasteiger partial charge in [-0.05, 0) is 35.2 Å². The molecule has 0 bridgehead atoms.